The summed E-state index contributed by atoms with van der Waals surface area (Å²) in [6.45, 7) is 2.21. The Morgan fingerprint density at radius 3 is 2.82 bits per heavy atom. The Labute approximate surface area is 98.9 Å². The number of aliphatic carboxylic acids is 1. The summed E-state index contributed by atoms with van der Waals surface area (Å²) in [5.41, 5.74) is -0.928. The predicted octanol–water partition coefficient (Wildman–Crippen LogP) is 1.52. The number of nitrogens with zero attached hydrogens (tertiary/aromatic N) is 1. The van der Waals surface area contributed by atoms with Crippen molar-refractivity contribution in [3.63, 3.8) is 0 Å². The van der Waals surface area contributed by atoms with Gasteiger partial charge in [-0.2, -0.15) is 0 Å². The van der Waals surface area contributed by atoms with Gasteiger partial charge in [0.05, 0.1) is 11.9 Å². The maximum Gasteiger partial charge on any atom is 0.329 e. The first-order valence-electron chi connectivity index (χ1n) is 5.63. The van der Waals surface area contributed by atoms with Gasteiger partial charge in [0.2, 0.25) is 0 Å². The van der Waals surface area contributed by atoms with Crippen molar-refractivity contribution in [2.24, 2.45) is 5.92 Å². The fourth-order valence-corrected chi connectivity index (χ4v) is 1.62. The Kier molecular flexibility index (Phi) is 3.11. The maximum atomic E-state index is 12.8. The molecule has 2 N–H and O–H groups in total. The molecule has 5 heteroatoms. The van der Waals surface area contributed by atoms with Gasteiger partial charge in [-0.25, -0.2) is 9.18 Å². The summed E-state index contributed by atoms with van der Waals surface area (Å²) >= 11 is 0. The summed E-state index contributed by atoms with van der Waals surface area (Å²) < 4.78 is 12.8. The number of nitrogens with one attached hydrogen (secondary N) is 1. The third kappa shape index (κ3) is 2.61. The molecule has 1 saturated carbocycles. The lowest BCUT2D eigenvalue weighted by Crippen LogP contribution is -2.48. The number of hydrogen-bond donors (Lipinski definition) is 2. The molecule has 1 unspecified atom stereocenters. The summed E-state index contributed by atoms with van der Waals surface area (Å²) in [6.07, 6.45) is 3.31. The van der Waals surface area contributed by atoms with E-state index in [9.17, 15) is 14.3 Å². The molecular formula is C12H15FN2O2. The molecule has 1 heterocycles. The van der Waals surface area contributed by atoms with Crippen molar-refractivity contribution in [3.05, 3.63) is 29.8 Å². The number of carboxylic acid groups (broad SMARTS) is 1. The molecular weight excluding hydrogens is 223 g/mol. The topological polar surface area (TPSA) is 62.2 Å². The first-order chi connectivity index (χ1) is 8.02. The van der Waals surface area contributed by atoms with Crippen molar-refractivity contribution in [1.82, 2.24) is 10.3 Å². The number of halogens is 1. The fourth-order valence-electron chi connectivity index (χ4n) is 1.62. The third-order valence-electron chi connectivity index (χ3n) is 3.11. The zero-order valence-corrected chi connectivity index (χ0v) is 9.61. The number of pyridine rings is 1. The Morgan fingerprint density at radius 2 is 2.35 bits per heavy atom. The normalized spacial score (nSPS) is 18.7. The van der Waals surface area contributed by atoms with E-state index in [1.165, 1.54) is 12.1 Å². The molecule has 0 aromatic carbocycles. The van der Waals surface area contributed by atoms with Crippen LogP contribution in [0.4, 0.5) is 4.39 Å². The van der Waals surface area contributed by atoms with E-state index in [0.29, 0.717) is 18.2 Å². The first kappa shape index (κ1) is 12.0. The Bertz CT molecular complexity index is 417. The molecule has 0 saturated heterocycles. The standard InChI is InChI=1S/C12H15FN2O2/c1-12(11(16)17,15-6-8-2-3-8)10-5-4-9(13)7-14-10/h4-5,7-8,15H,2-3,6H2,1H3,(H,16,17). The molecule has 0 bridgehead atoms. The highest BCUT2D eigenvalue weighted by atomic mass is 19.1. The maximum absolute atomic E-state index is 12.8. The van der Waals surface area contributed by atoms with Crippen molar-refractivity contribution in [2.75, 3.05) is 6.54 Å². The minimum Gasteiger partial charge on any atom is -0.480 e. The van der Waals surface area contributed by atoms with Crippen molar-refractivity contribution < 1.29 is 14.3 Å². The van der Waals surface area contributed by atoms with Crippen LogP contribution in [0.2, 0.25) is 0 Å². The molecule has 0 aliphatic heterocycles. The van der Waals surface area contributed by atoms with Gasteiger partial charge in [-0.05, 0) is 44.4 Å². The molecule has 4 nitrogen and oxygen atoms in total. The SMILES string of the molecule is CC(NCC1CC1)(C(=O)O)c1ccc(F)cn1. The average molecular weight is 238 g/mol. The molecule has 17 heavy (non-hydrogen) atoms. The van der Waals surface area contributed by atoms with Crippen molar-refractivity contribution in [3.8, 4) is 0 Å². The summed E-state index contributed by atoms with van der Waals surface area (Å²) in [7, 11) is 0. The Balaban J connectivity index is 2.19. The van der Waals surface area contributed by atoms with Crippen LogP contribution in [0.15, 0.2) is 18.3 Å². The molecule has 2 rings (SSSR count). The highest BCUT2D eigenvalue weighted by molar-refractivity contribution is 5.79. The summed E-state index contributed by atoms with van der Waals surface area (Å²) in [4.78, 5) is 15.2. The van der Waals surface area contributed by atoms with E-state index >= 15 is 0 Å². The van der Waals surface area contributed by atoms with Crippen LogP contribution >= 0.6 is 0 Å². The van der Waals surface area contributed by atoms with Crippen LogP contribution < -0.4 is 5.32 Å². The van der Waals surface area contributed by atoms with E-state index < -0.39 is 17.3 Å². The fraction of sp³-hybridized carbons (Fsp3) is 0.500. The lowest BCUT2D eigenvalue weighted by molar-refractivity contribution is -0.144. The van der Waals surface area contributed by atoms with E-state index in [1.807, 2.05) is 0 Å². The van der Waals surface area contributed by atoms with E-state index in [2.05, 4.69) is 10.3 Å². The molecule has 0 spiro atoms. The second kappa shape index (κ2) is 4.41. The molecule has 0 radical (unpaired) electrons. The van der Waals surface area contributed by atoms with E-state index in [-0.39, 0.29) is 0 Å². The van der Waals surface area contributed by atoms with Crippen LogP contribution in [0.1, 0.15) is 25.5 Å². The third-order valence-corrected chi connectivity index (χ3v) is 3.11. The van der Waals surface area contributed by atoms with Gasteiger partial charge in [-0.1, -0.05) is 0 Å². The van der Waals surface area contributed by atoms with Gasteiger partial charge < -0.3 is 5.11 Å². The van der Waals surface area contributed by atoms with Gasteiger partial charge in [0.15, 0.2) is 5.54 Å². The largest absolute Gasteiger partial charge is 0.480 e. The average Bonchev–Trinajstić information content (AvgIpc) is 3.10. The molecule has 1 aliphatic carbocycles. The molecule has 1 aliphatic rings. The van der Waals surface area contributed by atoms with E-state index in [1.54, 1.807) is 6.92 Å². The van der Waals surface area contributed by atoms with Crippen LogP contribution in [-0.2, 0) is 10.3 Å². The van der Waals surface area contributed by atoms with Gasteiger partial charge in [0.25, 0.3) is 0 Å². The van der Waals surface area contributed by atoms with Crippen LogP contribution in [0.3, 0.4) is 0 Å². The van der Waals surface area contributed by atoms with Gasteiger partial charge in [0.1, 0.15) is 5.82 Å². The highest BCUT2D eigenvalue weighted by Crippen LogP contribution is 2.29. The van der Waals surface area contributed by atoms with Gasteiger partial charge >= 0.3 is 5.97 Å². The van der Waals surface area contributed by atoms with Crippen molar-refractivity contribution in [1.29, 1.82) is 0 Å². The Morgan fingerprint density at radius 1 is 1.65 bits per heavy atom. The summed E-state index contributed by atoms with van der Waals surface area (Å²) in [5, 5.41) is 12.3. The first-order valence-corrected chi connectivity index (χ1v) is 5.63. The van der Waals surface area contributed by atoms with Crippen LogP contribution in [0.5, 0.6) is 0 Å². The second-order valence-corrected chi connectivity index (χ2v) is 4.62. The van der Waals surface area contributed by atoms with Crippen LogP contribution in [0, 0.1) is 11.7 Å². The predicted molar refractivity (Wildman–Crippen MR) is 59.9 cm³/mol. The second-order valence-electron chi connectivity index (χ2n) is 4.62. The highest BCUT2D eigenvalue weighted by Gasteiger charge is 2.37. The molecule has 92 valence electrons. The summed E-state index contributed by atoms with van der Waals surface area (Å²) in [5.74, 6) is -0.907. The number of carboxylic acids is 1. The lowest BCUT2D eigenvalue weighted by atomic mass is 9.97. The number of rotatable bonds is 5. The smallest absolute Gasteiger partial charge is 0.329 e. The van der Waals surface area contributed by atoms with Gasteiger partial charge in [-0.15, -0.1) is 0 Å². The van der Waals surface area contributed by atoms with Gasteiger partial charge in [0, 0.05) is 0 Å². The molecule has 1 atom stereocenters. The van der Waals surface area contributed by atoms with Crippen molar-refractivity contribution in [2.45, 2.75) is 25.3 Å². The lowest BCUT2D eigenvalue weighted by Gasteiger charge is -2.25. The van der Waals surface area contributed by atoms with E-state index in [0.717, 1.165) is 19.0 Å². The minimum atomic E-state index is -1.25. The van der Waals surface area contributed by atoms with Crippen molar-refractivity contribution >= 4 is 5.97 Å². The summed E-state index contributed by atoms with van der Waals surface area (Å²) in [6, 6.07) is 2.63. The minimum absolute atomic E-state index is 0.326. The van der Waals surface area contributed by atoms with Gasteiger partial charge in [-0.3, -0.25) is 10.3 Å². The Hall–Kier alpha value is -1.49. The number of aromatic nitrogens is 1. The molecule has 1 aromatic rings. The van der Waals surface area contributed by atoms with Crippen LogP contribution in [0.25, 0.3) is 0 Å². The number of carbonyl (C=O) groups is 1. The monoisotopic (exact) mass is 238 g/mol. The quantitative estimate of drug-likeness (QED) is 0.816. The molecule has 0 amide bonds. The zero-order valence-electron chi connectivity index (χ0n) is 9.61. The van der Waals surface area contributed by atoms with Crippen LogP contribution in [-0.4, -0.2) is 22.6 Å². The molecule has 1 fully saturated rings. The van der Waals surface area contributed by atoms with E-state index in [4.69, 9.17) is 0 Å². The zero-order chi connectivity index (χ0) is 12.5. The molecule has 1 aromatic heterocycles. The number of hydrogen-bond acceptors (Lipinski definition) is 3.